The van der Waals surface area contributed by atoms with Gasteiger partial charge >= 0.3 is 12.1 Å². The molecule has 0 radical (unpaired) electrons. The van der Waals surface area contributed by atoms with E-state index in [1.165, 1.54) is 0 Å². The second-order valence-electron chi connectivity index (χ2n) is 6.56. The first-order valence-electron chi connectivity index (χ1n) is 7.08. The molecule has 2 aliphatic heterocycles. The number of carboxylic acid groups (broad SMARTS) is 1. The number of ether oxygens (including phenoxy) is 1. The molecule has 5 nitrogen and oxygen atoms in total. The first-order valence-corrected chi connectivity index (χ1v) is 8.07. The lowest BCUT2D eigenvalue weighted by Crippen LogP contribution is -2.49. The quantitative estimate of drug-likeness (QED) is 0.806. The van der Waals surface area contributed by atoms with Crippen molar-refractivity contribution in [2.45, 2.75) is 50.4 Å². The maximum atomic E-state index is 12.0. The standard InChI is InChI=1S/C14H23NO4S/c1-13(2,3)19-12(18)15-7-5-14(6-8-15)10(11(16)17)4-9-20-14/h10H,4-9H2,1-3H3,(H,16,17). The van der Waals surface area contributed by atoms with E-state index in [9.17, 15) is 14.7 Å². The Labute approximate surface area is 124 Å². The summed E-state index contributed by atoms with van der Waals surface area (Å²) >= 11 is 1.77. The molecule has 1 N–H and O–H groups in total. The largest absolute Gasteiger partial charge is 0.481 e. The zero-order valence-corrected chi connectivity index (χ0v) is 13.2. The summed E-state index contributed by atoms with van der Waals surface area (Å²) in [6.07, 6.45) is 1.94. The number of hydrogen-bond acceptors (Lipinski definition) is 4. The average Bonchev–Trinajstić information content (AvgIpc) is 2.71. The smallest absolute Gasteiger partial charge is 0.410 e. The van der Waals surface area contributed by atoms with Gasteiger partial charge in [-0.1, -0.05) is 0 Å². The third-order valence-electron chi connectivity index (χ3n) is 3.99. The maximum Gasteiger partial charge on any atom is 0.410 e. The number of amides is 1. The number of carbonyl (C=O) groups is 2. The molecule has 2 rings (SSSR count). The molecule has 1 spiro atoms. The first-order chi connectivity index (χ1) is 9.23. The number of aliphatic carboxylic acids is 1. The van der Waals surface area contributed by atoms with Crippen LogP contribution >= 0.6 is 11.8 Å². The van der Waals surface area contributed by atoms with Gasteiger partial charge in [0, 0.05) is 17.8 Å². The normalized spacial score (nSPS) is 25.8. The van der Waals surface area contributed by atoms with Crippen LogP contribution in [-0.4, -0.2) is 51.3 Å². The van der Waals surface area contributed by atoms with Crippen LogP contribution in [-0.2, 0) is 9.53 Å². The van der Waals surface area contributed by atoms with Crippen LogP contribution in [0.2, 0.25) is 0 Å². The van der Waals surface area contributed by atoms with Crippen LogP contribution in [0.1, 0.15) is 40.0 Å². The number of carbonyl (C=O) groups excluding carboxylic acids is 1. The Hall–Kier alpha value is -0.910. The van der Waals surface area contributed by atoms with Gasteiger partial charge in [0.05, 0.1) is 5.92 Å². The maximum absolute atomic E-state index is 12.0. The summed E-state index contributed by atoms with van der Waals surface area (Å²) in [4.78, 5) is 25.1. The lowest BCUT2D eigenvalue weighted by Gasteiger charge is -2.41. The lowest BCUT2D eigenvalue weighted by molar-refractivity contribution is -0.143. The molecule has 20 heavy (non-hydrogen) atoms. The van der Waals surface area contributed by atoms with E-state index in [2.05, 4.69) is 0 Å². The van der Waals surface area contributed by atoms with Gasteiger partial charge in [-0.2, -0.15) is 11.8 Å². The SMILES string of the molecule is CC(C)(C)OC(=O)N1CCC2(CC1)SCCC2C(=O)O. The minimum absolute atomic E-state index is 0.176. The Kier molecular flexibility index (Phi) is 4.23. The minimum atomic E-state index is -0.694. The van der Waals surface area contributed by atoms with E-state index in [1.54, 1.807) is 16.7 Å². The van der Waals surface area contributed by atoms with Crippen molar-refractivity contribution in [3.05, 3.63) is 0 Å². The van der Waals surface area contributed by atoms with E-state index in [0.717, 1.165) is 25.0 Å². The Morgan fingerprint density at radius 3 is 2.40 bits per heavy atom. The topological polar surface area (TPSA) is 66.8 Å². The molecule has 0 aromatic carbocycles. The molecule has 0 aromatic rings. The van der Waals surface area contributed by atoms with Crippen molar-refractivity contribution in [3.63, 3.8) is 0 Å². The van der Waals surface area contributed by atoms with Crippen molar-refractivity contribution in [1.82, 2.24) is 4.90 Å². The Balaban J connectivity index is 1.95. The molecule has 1 atom stereocenters. The number of nitrogens with zero attached hydrogens (tertiary/aromatic N) is 1. The van der Waals surface area contributed by atoms with Crippen molar-refractivity contribution < 1.29 is 19.4 Å². The van der Waals surface area contributed by atoms with Gasteiger partial charge in [-0.15, -0.1) is 0 Å². The molecule has 0 aliphatic carbocycles. The van der Waals surface area contributed by atoms with E-state index >= 15 is 0 Å². The van der Waals surface area contributed by atoms with Crippen LogP contribution in [0.4, 0.5) is 4.79 Å². The number of likely N-dealkylation sites (tertiary alicyclic amines) is 1. The van der Waals surface area contributed by atoms with Crippen LogP contribution < -0.4 is 0 Å². The van der Waals surface area contributed by atoms with Crippen molar-refractivity contribution in [2.24, 2.45) is 5.92 Å². The van der Waals surface area contributed by atoms with E-state index in [-0.39, 0.29) is 16.8 Å². The summed E-state index contributed by atoms with van der Waals surface area (Å²) in [6.45, 7) is 6.73. The van der Waals surface area contributed by atoms with Gasteiger partial charge < -0.3 is 14.7 Å². The fourth-order valence-electron chi connectivity index (χ4n) is 2.98. The zero-order valence-electron chi connectivity index (χ0n) is 12.3. The van der Waals surface area contributed by atoms with Crippen molar-refractivity contribution in [3.8, 4) is 0 Å². The fraction of sp³-hybridized carbons (Fsp3) is 0.857. The fourth-order valence-corrected chi connectivity index (χ4v) is 4.63. The third kappa shape index (κ3) is 3.22. The summed E-state index contributed by atoms with van der Waals surface area (Å²) in [5.74, 6) is -0.0577. The predicted octanol–water partition coefficient (Wildman–Crippen LogP) is 2.59. The molecule has 2 heterocycles. The minimum Gasteiger partial charge on any atom is -0.481 e. The van der Waals surface area contributed by atoms with Crippen LogP contribution in [0.3, 0.4) is 0 Å². The van der Waals surface area contributed by atoms with Gasteiger partial charge in [0.1, 0.15) is 5.60 Å². The third-order valence-corrected chi connectivity index (χ3v) is 5.70. The average molecular weight is 301 g/mol. The van der Waals surface area contributed by atoms with Gasteiger partial charge in [-0.05, 0) is 45.8 Å². The molecule has 1 amide bonds. The van der Waals surface area contributed by atoms with Gasteiger partial charge in [0.25, 0.3) is 0 Å². The number of carboxylic acids is 1. The molecule has 0 aromatic heterocycles. The highest BCUT2D eigenvalue weighted by atomic mass is 32.2. The summed E-state index contributed by atoms with van der Waals surface area (Å²) in [5, 5.41) is 9.34. The van der Waals surface area contributed by atoms with Crippen LogP contribution in [0.5, 0.6) is 0 Å². The van der Waals surface area contributed by atoms with Crippen LogP contribution in [0.25, 0.3) is 0 Å². The second-order valence-corrected chi connectivity index (χ2v) is 8.07. The summed E-state index contributed by atoms with van der Waals surface area (Å²) in [5.41, 5.74) is -0.488. The summed E-state index contributed by atoms with van der Waals surface area (Å²) in [6, 6.07) is 0. The van der Waals surface area contributed by atoms with Gasteiger partial charge in [0.15, 0.2) is 0 Å². The van der Waals surface area contributed by atoms with Gasteiger partial charge in [0.2, 0.25) is 0 Å². The number of hydrogen-bond donors (Lipinski definition) is 1. The predicted molar refractivity (Wildman–Crippen MR) is 78.0 cm³/mol. The molecule has 0 bridgehead atoms. The monoisotopic (exact) mass is 301 g/mol. The Morgan fingerprint density at radius 2 is 1.90 bits per heavy atom. The number of thioether (sulfide) groups is 1. The van der Waals surface area contributed by atoms with E-state index in [0.29, 0.717) is 13.1 Å². The van der Waals surface area contributed by atoms with Crippen molar-refractivity contribution in [2.75, 3.05) is 18.8 Å². The number of rotatable bonds is 1. The Morgan fingerprint density at radius 1 is 1.30 bits per heavy atom. The van der Waals surface area contributed by atoms with Crippen LogP contribution in [0.15, 0.2) is 0 Å². The van der Waals surface area contributed by atoms with Gasteiger partial charge in [-0.25, -0.2) is 4.79 Å². The molecule has 1 unspecified atom stereocenters. The molecule has 0 saturated carbocycles. The number of piperidine rings is 1. The summed E-state index contributed by atoms with van der Waals surface area (Å²) < 4.78 is 5.19. The molecular formula is C14H23NO4S. The summed E-state index contributed by atoms with van der Waals surface area (Å²) in [7, 11) is 0. The van der Waals surface area contributed by atoms with E-state index in [4.69, 9.17) is 4.74 Å². The Bertz CT molecular complexity index is 396. The zero-order chi connectivity index (χ0) is 15.0. The van der Waals surface area contributed by atoms with E-state index in [1.807, 2.05) is 20.8 Å². The lowest BCUT2D eigenvalue weighted by atomic mass is 9.82. The highest BCUT2D eigenvalue weighted by molar-refractivity contribution is 8.01. The van der Waals surface area contributed by atoms with Crippen molar-refractivity contribution >= 4 is 23.8 Å². The highest BCUT2D eigenvalue weighted by Gasteiger charge is 2.49. The van der Waals surface area contributed by atoms with Gasteiger partial charge in [-0.3, -0.25) is 4.79 Å². The van der Waals surface area contributed by atoms with Crippen LogP contribution in [0, 0.1) is 5.92 Å². The molecule has 6 heteroatoms. The molecule has 2 saturated heterocycles. The molecule has 114 valence electrons. The molecule has 2 aliphatic rings. The second kappa shape index (κ2) is 5.47. The van der Waals surface area contributed by atoms with E-state index < -0.39 is 11.6 Å². The van der Waals surface area contributed by atoms with Crippen molar-refractivity contribution in [1.29, 1.82) is 0 Å². The highest BCUT2D eigenvalue weighted by Crippen LogP contribution is 2.49. The molecule has 2 fully saturated rings. The first kappa shape index (κ1) is 15.5. The molecular weight excluding hydrogens is 278 g/mol.